The maximum absolute atomic E-state index is 9.43. The Bertz CT molecular complexity index is 540. The number of para-hydroxylation sites is 1. The molecule has 0 aliphatic rings. The second kappa shape index (κ2) is 6.25. The molecule has 0 aliphatic heterocycles. The zero-order valence-corrected chi connectivity index (χ0v) is 11.3. The van der Waals surface area contributed by atoms with E-state index in [1.165, 1.54) is 0 Å². The zero-order valence-electron chi connectivity index (χ0n) is 11.3. The smallest absolute Gasteiger partial charge is 0.123 e. The Labute approximate surface area is 113 Å². The Kier molecular flexibility index (Phi) is 4.42. The van der Waals surface area contributed by atoms with Gasteiger partial charge in [-0.25, -0.2) is 0 Å². The molecule has 100 valence electrons. The molecule has 0 amide bonds. The van der Waals surface area contributed by atoms with Crippen molar-refractivity contribution in [1.29, 1.82) is 0 Å². The van der Waals surface area contributed by atoms with Gasteiger partial charge < -0.3 is 15.2 Å². The molecule has 19 heavy (non-hydrogen) atoms. The molecule has 0 aromatic heterocycles. The van der Waals surface area contributed by atoms with E-state index in [1.807, 2.05) is 30.3 Å². The van der Waals surface area contributed by atoms with Crippen LogP contribution in [0.15, 0.2) is 48.5 Å². The Morgan fingerprint density at radius 3 is 2.68 bits per heavy atom. The molecule has 3 nitrogen and oxygen atoms in total. The third kappa shape index (κ3) is 3.48. The van der Waals surface area contributed by atoms with Crippen molar-refractivity contribution in [2.45, 2.75) is 19.5 Å². The molecule has 0 saturated carbocycles. The number of hydrogen-bond acceptors (Lipinski definition) is 3. The number of hydrogen-bond donors (Lipinski definition) is 2. The van der Waals surface area contributed by atoms with Crippen LogP contribution in [-0.4, -0.2) is 12.2 Å². The first-order chi connectivity index (χ1) is 9.20. The van der Waals surface area contributed by atoms with Crippen LogP contribution in [0.4, 0.5) is 0 Å². The maximum Gasteiger partial charge on any atom is 0.123 e. The van der Waals surface area contributed by atoms with Gasteiger partial charge >= 0.3 is 0 Å². The minimum Gasteiger partial charge on any atom is -0.508 e. The summed E-state index contributed by atoms with van der Waals surface area (Å²) < 4.78 is 5.36. The predicted molar refractivity (Wildman–Crippen MR) is 76.4 cm³/mol. The van der Waals surface area contributed by atoms with Crippen LogP contribution in [0, 0.1) is 0 Å². The SMILES string of the molecule is COc1ccccc1[C@H](C)NCc1cccc(O)c1. The van der Waals surface area contributed by atoms with Crippen LogP contribution in [0.1, 0.15) is 24.1 Å². The highest BCUT2D eigenvalue weighted by molar-refractivity contribution is 5.35. The first-order valence-electron chi connectivity index (χ1n) is 6.35. The Hall–Kier alpha value is -2.00. The summed E-state index contributed by atoms with van der Waals surface area (Å²) in [7, 11) is 1.68. The average molecular weight is 257 g/mol. The van der Waals surface area contributed by atoms with Gasteiger partial charge in [0.25, 0.3) is 0 Å². The van der Waals surface area contributed by atoms with E-state index in [4.69, 9.17) is 4.74 Å². The lowest BCUT2D eigenvalue weighted by molar-refractivity contribution is 0.401. The summed E-state index contributed by atoms with van der Waals surface area (Å²) in [4.78, 5) is 0. The molecule has 3 heteroatoms. The van der Waals surface area contributed by atoms with Crippen LogP contribution in [0.3, 0.4) is 0 Å². The van der Waals surface area contributed by atoms with E-state index >= 15 is 0 Å². The lowest BCUT2D eigenvalue weighted by Crippen LogP contribution is -2.18. The van der Waals surface area contributed by atoms with Crippen molar-refractivity contribution in [3.63, 3.8) is 0 Å². The molecule has 2 aromatic rings. The first kappa shape index (κ1) is 13.4. The maximum atomic E-state index is 9.43. The summed E-state index contributed by atoms with van der Waals surface area (Å²) >= 11 is 0. The van der Waals surface area contributed by atoms with Gasteiger partial charge in [0.05, 0.1) is 7.11 Å². The van der Waals surface area contributed by atoms with Crippen molar-refractivity contribution >= 4 is 0 Å². The lowest BCUT2D eigenvalue weighted by atomic mass is 10.1. The van der Waals surface area contributed by atoms with Gasteiger partial charge in [-0.3, -0.25) is 0 Å². The molecular formula is C16H19NO2. The third-order valence-corrected chi connectivity index (χ3v) is 3.13. The van der Waals surface area contributed by atoms with Crippen LogP contribution in [0.5, 0.6) is 11.5 Å². The van der Waals surface area contributed by atoms with Gasteiger partial charge in [-0.15, -0.1) is 0 Å². The highest BCUT2D eigenvalue weighted by atomic mass is 16.5. The van der Waals surface area contributed by atoms with Gasteiger partial charge in [-0.05, 0) is 30.7 Å². The second-order valence-electron chi connectivity index (χ2n) is 4.51. The predicted octanol–water partition coefficient (Wildman–Crippen LogP) is 3.25. The van der Waals surface area contributed by atoms with E-state index in [2.05, 4.69) is 18.3 Å². The highest BCUT2D eigenvalue weighted by Gasteiger charge is 2.09. The molecule has 2 rings (SSSR count). The van der Waals surface area contributed by atoms with Crippen LogP contribution < -0.4 is 10.1 Å². The van der Waals surface area contributed by atoms with Crippen molar-refractivity contribution in [3.8, 4) is 11.5 Å². The van der Waals surface area contributed by atoms with E-state index in [1.54, 1.807) is 19.2 Å². The Balaban J connectivity index is 2.03. The number of benzene rings is 2. The molecule has 1 atom stereocenters. The number of nitrogens with one attached hydrogen (secondary N) is 1. The topological polar surface area (TPSA) is 41.5 Å². The van der Waals surface area contributed by atoms with Crippen molar-refractivity contribution in [1.82, 2.24) is 5.32 Å². The molecule has 0 heterocycles. The lowest BCUT2D eigenvalue weighted by Gasteiger charge is -2.17. The average Bonchev–Trinajstić information content (AvgIpc) is 2.45. The Morgan fingerprint density at radius 2 is 1.95 bits per heavy atom. The van der Waals surface area contributed by atoms with Gasteiger partial charge in [-0.1, -0.05) is 30.3 Å². The van der Waals surface area contributed by atoms with E-state index in [0.29, 0.717) is 12.3 Å². The molecule has 0 fully saturated rings. The highest BCUT2D eigenvalue weighted by Crippen LogP contribution is 2.24. The number of rotatable bonds is 5. The van der Waals surface area contributed by atoms with Crippen LogP contribution in [0.25, 0.3) is 0 Å². The van der Waals surface area contributed by atoms with Crippen LogP contribution in [-0.2, 0) is 6.54 Å². The van der Waals surface area contributed by atoms with Crippen molar-refractivity contribution in [2.75, 3.05) is 7.11 Å². The molecule has 2 aromatic carbocycles. The Morgan fingerprint density at radius 1 is 1.16 bits per heavy atom. The number of methoxy groups -OCH3 is 1. The minimum absolute atomic E-state index is 0.179. The molecule has 0 bridgehead atoms. The van der Waals surface area contributed by atoms with Gasteiger partial charge in [0.15, 0.2) is 0 Å². The summed E-state index contributed by atoms with van der Waals surface area (Å²) in [6.07, 6.45) is 0. The van der Waals surface area contributed by atoms with Crippen LogP contribution >= 0.6 is 0 Å². The van der Waals surface area contributed by atoms with E-state index in [0.717, 1.165) is 16.9 Å². The normalized spacial score (nSPS) is 12.1. The van der Waals surface area contributed by atoms with E-state index in [-0.39, 0.29) is 6.04 Å². The molecule has 0 unspecified atom stereocenters. The molecule has 0 spiro atoms. The van der Waals surface area contributed by atoms with Gasteiger partial charge in [-0.2, -0.15) is 0 Å². The van der Waals surface area contributed by atoms with E-state index < -0.39 is 0 Å². The summed E-state index contributed by atoms with van der Waals surface area (Å²) in [6.45, 7) is 2.80. The number of aromatic hydroxyl groups is 1. The fraction of sp³-hybridized carbons (Fsp3) is 0.250. The monoisotopic (exact) mass is 257 g/mol. The quantitative estimate of drug-likeness (QED) is 0.864. The number of phenolic OH excluding ortho intramolecular Hbond substituents is 1. The summed E-state index contributed by atoms with van der Waals surface area (Å²) in [5.74, 6) is 1.18. The van der Waals surface area contributed by atoms with Crippen LogP contribution in [0.2, 0.25) is 0 Å². The van der Waals surface area contributed by atoms with E-state index in [9.17, 15) is 5.11 Å². The fourth-order valence-electron chi connectivity index (χ4n) is 2.07. The first-order valence-corrected chi connectivity index (χ1v) is 6.35. The van der Waals surface area contributed by atoms with Crippen molar-refractivity contribution < 1.29 is 9.84 Å². The minimum atomic E-state index is 0.179. The largest absolute Gasteiger partial charge is 0.508 e. The van der Waals surface area contributed by atoms with Crippen molar-refractivity contribution in [2.24, 2.45) is 0 Å². The van der Waals surface area contributed by atoms with Gasteiger partial charge in [0.1, 0.15) is 11.5 Å². The van der Waals surface area contributed by atoms with Gasteiger partial charge in [0, 0.05) is 18.2 Å². The molecule has 0 radical (unpaired) electrons. The molecule has 0 saturated heterocycles. The summed E-state index contributed by atoms with van der Waals surface area (Å²) in [5.41, 5.74) is 2.19. The standard InChI is InChI=1S/C16H19NO2/c1-12(15-8-3-4-9-16(15)19-2)17-11-13-6-5-7-14(18)10-13/h3-10,12,17-18H,11H2,1-2H3/t12-/m0/s1. The fourth-order valence-corrected chi connectivity index (χ4v) is 2.07. The second-order valence-corrected chi connectivity index (χ2v) is 4.51. The number of ether oxygens (including phenoxy) is 1. The molecule has 2 N–H and O–H groups in total. The molecule has 0 aliphatic carbocycles. The molecular weight excluding hydrogens is 238 g/mol. The third-order valence-electron chi connectivity index (χ3n) is 3.13. The van der Waals surface area contributed by atoms with Gasteiger partial charge in [0.2, 0.25) is 0 Å². The number of phenols is 1. The van der Waals surface area contributed by atoms with Crippen molar-refractivity contribution in [3.05, 3.63) is 59.7 Å². The summed E-state index contributed by atoms with van der Waals surface area (Å²) in [6, 6.07) is 15.4. The zero-order chi connectivity index (χ0) is 13.7. The summed E-state index contributed by atoms with van der Waals surface area (Å²) in [5, 5.41) is 12.9.